The summed E-state index contributed by atoms with van der Waals surface area (Å²) in [5, 5.41) is 10.7. The number of ether oxygens (including phenoxy) is 3. The first kappa shape index (κ1) is 18.9. The lowest BCUT2D eigenvalue weighted by Gasteiger charge is -2.08. The molecule has 0 atom stereocenters. The Kier molecular flexibility index (Phi) is 5.13. The molecule has 0 amide bonds. The molecule has 0 N–H and O–H groups in total. The molecule has 9 heteroatoms. The number of carbonyl (C=O) groups is 1. The van der Waals surface area contributed by atoms with Crippen molar-refractivity contribution in [3.8, 4) is 22.1 Å². The van der Waals surface area contributed by atoms with Crippen LogP contribution < -0.4 is 9.47 Å². The monoisotopic (exact) mass is 410 g/mol. The summed E-state index contributed by atoms with van der Waals surface area (Å²) >= 11 is 1.47. The molecule has 0 aliphatic heterocycles. The standard InChI is InChI=1S/C20H18N4O4S/c1-12-22-23-18-7-5-14(9-24(12)18)20(25)28-10-15-11-29-19(21-15)13-4-6-16(26-2)17(8-13)27-3/h4-9,11H,10H2,1-3H3. The molecular formula is C20H18N4O4S. The van der Waals surface area contributed by atoms with Crippen molar-refractivity contribution in [3.63, 3.8) is 0 Å². The van der Waals surface area contributed by atoms with Crippen LogP contribution in [0.15, 0.2) is 41.9 Å². The second-order valence-corrected chi connectivity index (χ2v) is 7.04. The van der Waals surface area contributed by atoms with E-state index in [1.807, 2.05) is 30.5 Å². The fraction of sp³-hybridized carbons (Fsp3) is 0.200. The molecule has 0 saturated heterocycles. The van der Waals surface area contributed by atoms with Gasteiger partial charge in [-0.2, -0.15) is 0 Å². The zero-order chi connectivity index (χ0) is 20.4. The molecule has 0 saturated carbocycles. The Labute approximate surface area is 170 Å². The van der Waals surface area contributed by atoms with Gasteiger partial charge in [0.15, 0.2) is 17.1 Å². The first-order valence-electron chi connectivity index (χ1n) is 8.74. The van der Waals surface area contributed by atoms with Crippen LogP contribution in [0.2, 0.25) is 0 Å². The number of benzene rings is 1. The van der Waals surface area contributed by atoms with Crippen molar-refractivity contribution in [3.05, 3.63) is 59.0 Å². The lowest BCUT2D eigenvalue weighted by atomic mass is 10.2. The van der Waals surface area contributed by atoms with Crippen molar-refractivity contribution in [1.29, 1.82) is 0 Å². The maximum atomic E-state index is 12.4. The lowest BCUT2D eigenvalue weighted by molar-refractivity contribution is 0.0468. The third kappa shape index (κ3) is 3.77. The SMILES string of the molecule is COc1ccc(-c2nc(COC(=O)c3ccc4nnc(C)n4c3)cs2)cc1OC. The number of fused-ring (bicyclic) bond motifs is 1. The number of carbonyl (C=O) groups excluding carboxylic acids is 1. The molecule has 0 bridgehead atoms. The first-order chi connectivity index (χ1) is 14.1. The fourth-order valence-corrected chi connectivity index (χ4v) is 3.63. The highest BCUT2D eigenvalue weighted by Crippen LogP contribution is 2.33. The molecule has 0 aliphatic rings. The van der Waals surface area contributed by atoms with Gasteiger partial charge in [0.1, 0.15) is 17.4 Å². The predicted molar refractivity (Wildman–Crippen MR) is 107 cm³/mol. The van der Waals surface area contributed by atoms with Gasteiger partial charge in [-0.3, -0.25) is 4.40 Å². The summed E-state index contributed by atoms with van der Waals surface area (Å²) in [6.45, 7) is 1.90. The van der Waals surface area contributed by atoms with Crippen LogP contribution in [-0.4, -0.2) is 39.8 Å². The van der Waals surface area contributed by atoms with E-state index in [-0.39, 0.29) is 6.61 Å². The summed E-state index contributed by atoms with van der Waals surface area (Å²) in [4.78, 5) is 16.9. The number of rotatable bonds is 6. The maximum absolute atomic E-state index is 12.4. The molecule has 0 aliphatic carbocycles. The van der Waals surface area contributed by atoms with Crippen molar-refractivity contribution in [2.45, 2.75) is 13.5 Å². The normalized spacial score (nSPS) is 10.9. The second-order valence-electron chi connectivity index (χ2n) is 6.18. The van der Waals surface area contributed by atoms with Gasteiger partial charge < -0.3 is 14.2 Å². The van der Waals surface area contributed by atoms with Gasteiger partial charge >= 0.3 is 5.97 Å². The van der Waals surface area contributed by atoms with E-state index in [1.165, 1.54) is 11.3 Å². The highest BCUT2D eigenvalue weighted by Gasteiger charge is 2.13. The Morgan fingerprint density at radius 2 is 1.93 bits per heavy atom. The Morgan fingerprint density at radius 3 is 2.72 bits per heavy atom. The van der Waals surface area contributed by atoms with E-state index in [0.717, 1.165) is 10.6 Å². The van der Waals surface area contributed by atoms with Crippen LogP contribution in [-0.2, 0) is 11.3 Å². The van der Waals surface area contributed by atoms with Gasteiger partial charge in [0.25, 0.3) is 0 Å². The summed E-state index contributed by atoms with van der Waals surface area (Å²) in [7, 11) is 3.18. The number of aryl methyl sites for hydroxylation is 1. The first-order valence-corrected chi connectivity index (χ1v) is 9.62. The van der Waals surface area contributed by atoms with Crippen LogP contribution in [0.5, 0.6) is 11.5 Å². The fourth-order valence-electron chi connectivity index (χ4n) is 2.82. The Bertz CT molecular complexity index is 1180. The van der Waals surface area contributed by atoms with Crippen LogP contribution >= 0.6 is 11.3 Å². The Balaban J connectivity index is 1.46. The summed E-state index contributed by atoms with van der Waals surface area (Å²) in [6, 6.07) is 9.01. The summed E-state index contributed by atoms with van der Waals surface area (Å²) < 4.78 is 17.8. The van der Waals surface area contributed by atoms with E-state index in [1.54, 1.807) is 36.9 Å². The number of hydrogen-bond donors (Lipinski definition) is 0. The molecule has 4 rings (SSSR count). The van der Waals surface area contributed by atoms with Crippen molar-refractivity contribution in [1.82, 2.24) is 19.6 Å². The largest absolute Gasteiger partial charge is 0.493 e. The van der Waals surface area contributed by atoms with Crippen molar-refractivity contribution >= 4 is 23.0 Å². The van der Waals surface area contributed by atoms with Gasteiger partial charge in [0.2, 0.25) is 0 Å². The van der Waals surface area contributed by atoms with E-state index in [4.69, 9.17) is 14.2 Å². The predicted octanol–water partition coefficient (Wildman–Crippen LogP) is 3.54. The van der Waals surface area contributed by atoms with Crippen LogP contribution in [0.3, 0.4) is 0 Å². The van der Waals surface area contributed by atoms with Crippen LogP contribution in [0, 0.1) is 6.92 Å². The molecule has 29 heavy (non-hydrogen) atoms. The van der Waals surface area contributed by atoms with Gasteiger partial charge in [-0.05, 0) is 37.3 Å². The Hall–Kier alpha value is -3.46. The van der Waals surface area contributed by atoms with E-state index in [0.29, 0.717) is 34.2 Å². The minimum absolute atomic E-state index is 0.0851. The van der Waals surface area contributed by atoms with Gasteiger partial charge in [0, 0.05) is 17.1 Å². The molecular weight excluding hydrogens is 392 g/mol. The molecule has 1 aromatic carbocycles. The average molecular weight is 410 g/mol. The number of hydrogen-bond acceptors (Lipinski definition) is 8. The number of methoxy groups -OCH3 is 2. The van der Waals surface area contributed by atoms with E-state index in [9.17, 15) is 4.79 Å². The lowest BCUT2D eigenvalue weighted by Crippen LogP contribution is -2.07. The zero-order valence-electron chi connectivity index (χ0n) is 16.1. The Morgan fingerprint density at radius 1 is 1.10 bits per heavy atom. The van der Waals surface area contributed by atoms with Gasteiger partial charge in [-0.25, -0.2) is 9.78 Å². The zero-order valence-corrected chi connectivity index (χ0v) is 16.9. The summed E-state index contributed by atoms with van der Waals surface area (Å²) in [5.41, 5.74) is 2.68. The minimum atomic E-state index is -0.430. The number of thiazole rings is 1. The van der Waals surface area contributed by atoms with Crippen molar-refractivity contribution < 1.29 is 19.0 Å². The van der Waals surface area contributed by atoms with Gasteiger partial charge in [0.05, 0.1) is 25.5 Å². The number of nitrogens with zero attached hydrogens (tertiary/aromatic N) is 4. The highest BCUT2D eigenvalue weighted by atomic mass is 32.1. The quantitative estimate of drug-likeness (QED) is 0.449. The molecule has 0 fully saturated rings. The van der Waals surface area contributed by atoms with Crippen LogP contribution in [0.1, 0.15) is 21.9 Å². The molecule has 3 heterocycles. The topological polar surface area (TPSA) is 87.8 Å². The number of pyridine rings is 1. The molecule has 0 unspecified atom stereocenters. The number of esters is 1. The molecule has 148 valence electrons. The molecule has 0 spiro atoms. The highest BCUT2D eigenvalue weighted by molar-refractivity contribution is 7.13. The minimum Gasteiger partial charge on any atom is -0.493 e. The smallest absolute Gasteiger partial charge is 0.340 e. The second kappa shape index (κ2) is 7.88. The third-order valence-electron chi connectivity index (χ3n) is 4.34. The van der Waals surface area contributed by atoms with E-state index < -0.39 is 5.97 Å². The van der Waals surface area contributed by atoms with Crippen LogP contribution in [0.4, 0.5) is 0 Å². The maximum Gasteiger partial charge on any atom is 0.340 e. The third-order valence-corrected chi connectivity index (χ3v) is 5.28. The van der Waals surface area contributed by atoms with Gasteiger partial charge in [-0.1, -0.05) is 0 Å². The molecule has 0 radical (unpaired) electrons. The van der Waals surface area contributed by atoms with E-state index in [2.05, 4.69) is 15.2 Å². The summed E-state index contributed by atoms with van der Waals surface area (Å²) in [5.74, 6) is 1.56. The number of aromatic nitrogens is 4. The molecule has 4 aromatic rings. The molecule has 8 nitrogen and oxygen atoms in total. The molecule has 3 aromatic heterocycles. The van der Waals surface area contributed by atoms with Crippen LogP contribution in [0.25, 0.3) is 16.2 Å². The van der Waals surface area contributed by atoms with Crippen molar-refractivity contribution in [2.75, 3.05) is 14.2 Å². The van der Waals surface area contributed by atoms with Crippen molar-refractivity contribution in [2.24, 2.45) is 0 Å². The van der Waals surface area contributed by atoms with E-state index >= 15 is 0 Å². The summed E-state index contributed by atoms with van der Waals surface area (Å²) in [6.07, 6.45) is 1.67. The average Bonchev–Trinajstić information content (AvgIpc) is 3.38. The van der Waals surface area contributed by atoms with Gasteiger partial charge in [-0.15, -0.1) is 21.5 Å².